The monoisotopic (exact) mass is 188 g/mol. The molecule has 12 heavy (non-hydrogen) atoms. The third-order valence-electron chi connectivity index (χ3n) is 1.00. The molecule has 0 aromatic rings. The third-order valence-corrected chi connectivity index (χ3v) is 1.90. The quantitative estimate of drug-likeness (QED) is 0.371. The van der Waals surface area contributed by atoms with Crippen molar-refractivity contribution in [2.75, 3.05) is 12.4 Å². The molecule has 0 unspecified atom stereocenters. The fourth-order valence-corrected chi connectivity index (χ4v) is 1.06. The van der Waals surface area contributed by atoms with E-state index in [4.69, 9.17) is 4.74 Å². The Bertz CT molecular complexity index is 177. The van der Waals surface area contributed by atoms with Crippen LogP contribution in [-0.4, -0.2) is 23.4 Å². The number of thioether (sulfide) groups is 1. The van der Waals surface area contributed by atoms with Gasteiger partial charge in [-0.2, -0.15) is 0 Å². The molecule has 0 spiro atoms. The molecule has 3 nitrogen and oxygen atoms in total. The van der Waals surface area contributed by atoms with Crippen LogP contribution in [-0.2, 0) is 14.3 Å². The standard InChI is InChI=1S/C8H12O3S/c1-3-8(10)11-5-4-6-12-7(2)9/h3H,1,4-6H2,2H3. The van der Waals surface area contributed by atoms with Gasteiger partial charge in [-0.15, -0.1) is 0 Å². The van der Waals surface area contributed by atoms with E-state index in [2.05, 4.69) is 6.58 Å². The molecule has 0 atom stereocenters. The van der Waals surface area contributed by atoms with Crippen LogP contribution in [0.1, 0.15) is 13.3 Å². The second-order valence-corrected chi connectivity index (χ2v) is 3.34. The van der Waals surface area contributed by atoms with E-state index < -0.39 is 5.97 Å². The van der Waals surface area contributed by atoms with Gasteiger partial charge in [0.25, 0.3) is 0 Å². The van der Waals surface area contributed by atoms with Crippen molar-refractivity contribution < 1.29 is 14.3 Å². The van der Waals surface area contributed by atoms with Crippen LogP contribution in [0.15, 0.2) is 12.7 Å². The molecule has 0 bridgehead atoms. The van der Waals surface area contributed by atoms with Crippen LogP contribution in [0.2, 0.25) is 0 Å². The highest BCUT2D eigenvalue weighted by molar-refractivity contribution is 8.13. The van der Waals surface area contributed by atoms with Gasteiger partial charge in [0.2, 0.25) is 0 Å². The molecule has 0 amide bonds. The summed E-state index contributed by atoms with van der Waals surface area (Å²) < 4.78 is 4.69. The summed E-state index contributed by atoms with van der Waals surface area (Å²) in [6.45, 7) is 5.12. The Morgan fingerprint density at radius 3 is 2.75 bits per heavy atom. The van der Waals surface area contributed by atoms with Crippen molar-refractivity contribution in [3.63, 3.8) is 0 Å². The summed E-state index contributed by atoms with van der Waals surface area (Å²) in [5.41, 5.74) is 0. The van der Waals surface area contributed by atoms with Crippen molar-refractivity contribution in [3.8, 4) is 0 Å². The van der Waals surface area contributed by atoms with Gasteiger partial charge >= 0.3 is 5.97 Å². The van der Waals surface area contributed by atoms with Crippen molar-refractivity contribution >= 4 is 22.8 Å². The van der Waals surface area contributed by atoms with Gasteiger partial charge in [-0.05, 0) is 6.42 Å². The van der Waals surface area contributed by atoms with Crippen LogP contribution in [0, 0.1) is 0 Å². The average molecular weight is 188 g/mol. The van der Waals surface area contributed by atoms with Gasteiger partial charge in [-0.25, -0.2) is 4.79 Å². The highest BCUT2D eigenvalue weighted by atomic mass is 32.2. The molecule has 0 rings (SSSR count). The first kappa shape index (κ1) is 11.2. The van der Waals surface area contributed by atoms with E-state index in [0.717, 1.165) is 6.08 Å². The number of hydrogen-bond acceptors (Lipinski definition) is 4. The molecule has 0 aliphatic heterocycles. The number of ether oxygens (including phenoxy) is 1. The maximum Gasteiger partial charge on any atom is 0.330 e. The molecule has 0 aromatic carbocycles. The zero-order chi connectivity index (χ0) is 9.40. The second kappa shape index (κ2) is 6.91. The highest BCUT2D eigenvalue weighted by Crippen LogP contribution is 2.02. The molecular formula is C8H12O3S. The summed E-state index contributed by atoms with van der Waals surface area (Å²) in [7, 11) is 0. The summed E-state index contributed by atoms with van der Waals surface area (Å²) in [5, 5.41) is 0.0880. The zero-order valence-corrected chi connectivity index (χ0v) is 7.86. The number of esters is 1. The fraction of sp³-hybridized carbons (Fsp3) is 0.500. The summed E-state index contributed by atoms with van der Waals surface area (Å²) in [6, 6.07) is 0. The van der Waals surface area contributed by atoms with Gasteiger partial charge in [-0.3, -0.25) is 4.79 Å². The minimum Gasteiger partial charge on any atom is -0.463 e. The van der Waals surface area contributed by atoms with Crippen LogP contribution in [0.3, 0.4) is 0 Å². The lowest BCUT2D eigenvalue weighted by molar-refractivity contribution is -0.137. The minimum atomic E-state index is -0.414. The van der Waals surface area contributed by atoms with E-state index in [1.807, 2.05) is 0 Å². The van der Waals surface area contributed by atoms with Crippen LogP contribution in [0.25, 0.3) is 0 Å². The topological polar surface area (TPSA) is 43.4 Å². The van der Waals surface area contributed by atoms with Crippen LogP contribution < -0.4 is 0 Å². The number of hydrogen-bond donors (Lipinski definition) is 0. The van der Waals surface area contributed by atoms with Crippen molar-refractivity contribution in [2.24, 2.45) is 0 Å². The largest absolute Gasteiger partial charge is 0.463 e. The lowest BCUT2D eigenvalue weighted by Crippen LogP contribution is -2.02. The lowest BCUT2D eigenvalue weighted by atomic mass is 10.5. The summed E-state index contributed by atoms with van der Waals surface area (Å²) >= 11 is 1.23. The predicted molar refractivity (Wildman–Crippen MR) is 48.9 cm³/mol. The lowest BCUT2D eigenvalue weighted by Gasteiger charge is -1.99. The maximum atomic E-state index is 10.5. The smallest absolute Gasteiger partial charge is 0.330 e. The Hall–Kier alpha value is -0.770. The molecule has 0 saturated heterocycles. The van der Waals surface area contributed by atoms with E-state index in [0.29, 0.717) is 18.8 Å². The molecular weight excluding hydrogens is 176 g/mol. The summed E-state index contributed by atoms with van der Waals surface area (Å²) in [6.07, 6.45) is 1.82. The normalized spacial score (nSPS) is 9.08. The van der Waals surface area contributed by atoms with E-state index in [-0.39, 0.29) is 5.12 Å². The third kappa shape index (κ3) is 7.34. The minimum absolute atomic E-state index is 0.0880. The maximum absolute atomic E-state index is 10.5. The Labute approximate surface area is 76.2 Å². The van der Waals surface area contributed by atoms with Crippen molar-refractivity contribution in [1.29, 1.82) is 0 Å². The first-order valence-electron chi connectivity index (χ1n) is 3.59. The SMILES string of the molecule is C=CC(=O)OCCCSC(C)=O. The molecule has 4 heteroatoms. The number of rotatable bonds is 5. The van der Waals surface area contributed by atoms with Gasteiger partial charge in [0, 0.05) is 18.8 Å². The van der Waals surface area contributed by atoms with Gasteiger partial charge < -0.3 is 4.74 Å². The van der Waals surface area contributed by atoms with Crippen LogP contribution >= 0.6 is 11.8 Å². The van der Waals surface area contributed by atoms with Crippen LogP contribution in [0.5, 0.6) is 0 Å². The molecule has 0 fully saturated rings. The van der Waals surface area contributed by atoms with Crippen LogP contribution in [0.4, 0.5) is 0 Å². The molecule has 0 saturated carbocycles. The summed E-state index contributed by atoms with van der Waals surface area (Å²) in [4.78, 5) is 20.9. The Morgan fingerprint density at radius 2 is 2.25 bits per heavy atom. The van der Waals surface area contributed by atoms with Gasteiger partial charge in [0.05, 0.1) is 6.61 Å². The second-order valence-electron chi connectivity index (χ2n) is 2.07. The Morgan fingerprint density at radius 1 is 1.58 bits per heavy atom. The van der Waals surface area contributed by atoms with Crippen molar-refractivity contribution in [1.82, 2.24) is 0 Å². The number of carbonyl (C=O) groups excluding carboxylic acids is 2. The highest BCUT2D eigenvalue weighted by Gasteiger charge is 1.96. The molecule has 68 valence electrons. The molecule has 0 heterocycles. The zero-order valence-electron chi connectivity index (χ0n) is 7.04. The van der Waals surface area contributed by atoms with Gasteiger partial charge in [0.15, 0.2) is 5.12 Å². The van der Waals surface area contributed by atoms with E-state index >= 15 is 0 Å². The first-order chi connectivity index (χ1) is 5.66. The fourth-order valence-electron chi connectivity index (χ4n) is 0.507. The molecule has 0 aliphatic rings. The van der Waals surface area contributed by atoms with Crippen molar-refractivity contribution in [3.05, 3.63) is 12.7 Å². The molecule has 0 N–H and O–H groups in total. The van der Waals surface area contributed by atoms with Crippen molar-refractivity contribution in [2.45, 2.75) is 13.3 Å². The average Bonchev–Trinajstić information content (AvgIpc) is 2.03. The van der Waals surface area contributed by atoms with Gasteiger partial charge in [0.1, 0.15) is 0 Å². The van der Waals surface area contributed by atoms with Gasteiger partial charge in [-0.1, -0.05) is 18.3 Å². The van der Waals surface area contributed by atoms with E-state index in [1.54, 1.807) is 0 Å². The number of carbonyl (C=O) groups is 2. The molecule has 0 aromatic heterocycles. The molecule has 0 aliphatic carbocycles. The predicted octanol–water partition coefficient (Wildman–Crippen LogP) is 1.39. The van der Waals surface area contributed by atoms with E-state index in [1.165, 1.54) is 18.7 Å². The Balaban J connectivity index is 3.16. The van der Waals surface area contributed by atoms with E-state index in [9.17, 15) is 9.59 Å². The summed E-state index contributed by atoms with van der Waals surface area (Å²) in [5.74, 6) is 0.280. The Kier molecular flexibility index (Phi) is 6.47. The first-order valence-corrected chi connectivity index (χ1v) is 4.58. The molecule has 0 radical (unpaired) electrons.